The molecule has 0 saturated heterocycles. The summed E-state index contributed by atoms with van der Waals surface area (Å²) < 4.78 is 12.4. The average Bonchev–Trinajstić information content (AvgIpc) is 2.12. The lowest BCUT2D eigenvalue weighted by Crippen LogP contribution is -2.28. The summed E-state index contributed by atoms with van der Waals surface area (Å²) >= 11 is 3.51. The van der Waals surface area contributed by atoms with Gasteiger partial charge in [0, 0.05) is 12.2 Å². The van der Waals surface area contributed by atoms with Crippen LogP contribution in [0.5, 0.6) is 0 Å². The van der Waals surface area contributed by atoms with E-state index in [0.717, 1.165) is 17.3 Å². The van der Waals surface area contributed by atoms with Crippen LogP contribution in [0.25, 0.3) is 0 Å². The van der Waals surface area contributed by atoms with Gasteiger partial charge in [0.05, 0.1) is 0 Å². The van der Waals surface area contributed by atoms with Crippen molar-refractivity contribution >= 4 is 23.0 Å². The highest BCUT2D eigenvalue weighted by Crippen LogP contribution is 2.15. The third-order valence-electron chi connectivity index (χ3n) is 1.72. The van der Waals surface area contributed by atoms with Crippen LogP contribution in [-0.4, -0.2) is 19.3 Å². The summed E-state index contributed by atoms with van der Waals surface area (Å²) in [6.07, 6.45) is 4.09. The Bertz CT molecular complexity index is 217. The van der Waals surface area contributed by atoms with Crippen LogP contribution in [0.2, 0.25) is 0 Å². The molecular formula is C12H22BBrO2. The Kier molecular flexibility index (Phi) is 8.99. The first-order chi connectivity index (χ1) is 7.45. The van der Waals surface area contributed by atoms with Crippen molar-refractivity contribution in [2.75, 3.05) is 0 Å². The highest BCUT2D eigenvalue weighted by atomic mass is 79.9. The van der Waals surface area contributed by atoms with E-state index in [1.165, 1.54) is 0 Å². The molecule has 0 radical (unpaired) electrons. The van der Waals surface area contributed by atoms with E-state index in [-0.39, 0.29) is 19.3 Å². The van der Waals surface area contributed by atoms with Crippen LogP contribution < -0.4 is 0 Å². The fourth-order valence-electron chi connectivity index (χ4n) is 1.12. The van der Waals surface area contributed by atoms with E-state index in [1.807, 2.05) is 39.7 Å². The zero-order valence-corrected chi connectivity index (χ0v) is 12.3. The van der Waals surface area contributed by atoms with Gasteiger partial charge in [-0.15, -0.1) is 6.58 Å². The first kappa shape index (κ1) is 15.9. The molecule has 16 heavy (non-hydrogen) atoms. The Balaban J connectivity index is 4.31. The quantitative estimate of drug-likeness (QED) is 0.494. The minimum absolute atomic E-state index is 0.153. The Morgan fingerprint density at radius 3 is 2.12 bits per heavy atom. The standard InChI is InChI=1S/C12H22BBrO2/c1-6-7-8-12(14)9-13(15-10(2)3)16-11(4)5/h6,9-11H,1,7-8H2,2-5H3/b12-9-. The number of halogens is 1. The molecule has 0 aliphatic carbocycles. The van der Waals surface area contributed by atoms with Crippen LogP contribution in [-0.2, 0) is 9.31 Å². The van der Waals surface area contributed by atoms with Crippen LogP contribution >= 0.6 is 15.9 Å². The van der Waals surface area contributed by atoms with E-state index < -0.39 is 0 Å². The molecule has 0 unspecified atom stereocenters. The minimum atomic E-state index is -0.279. The number of hydrogen-bond acceptors (Lipinski definition) is 2. The second-order valence-corrected chi connectivity index (χ2v) is 5.20. The highest BCUT2D eigenvalue weighted by Gasteiger charge is 2.18. The molecule has 0 amide bonds. The van der Waals surface area contributed by atoms with E-state index in [1.54, 1.807) is 0 Å². The van der Waals surface area contributed by atoms with Crippen molar-refractivity contribution in [2.24, 2.45) is 0 Å². The fraction of sp³-hybridized carbons (Fsp3) is 0.667. The average molecular weight is 289 g/mol. The number of allylic oxidation sites excluding steroid dienone is 2. The zero-order valence-electron chi connectivity index (χ0n) is 10.7. The summed E-state index contributed by atoms with van der Waals surface area (Å²) in [6, 6.07) is 0. The highest BCUT2D eigenvalue weighted by molar-refractivity contribution is 9.11. The van der Waals surface area contributed by atoms with Gasteiger partial charge in [0.1, 0.15) is 0 Å². The zero-order chi connectivity index (χ0) is 12.6. The van der Waals surface area contributed by atoms with E-state index in [4.69, 9.17) is 9.31 Å². The minimum Gasteiger partial charge on any atom is -0.405 e. The van der Waals surface area contributed by atoms with Crippen LogP contribution in [0.4, 0.5) is 0 Å². The molecule has 4 heteroatoms. The molecular weight excluding hydrogens is 267 g/mol. The van der Waals surface area contributed by atoms with Gasteiger partial charge in [-0.3, -0.25) is 0 Å². The predicted molar refractivity (Wildman–Crippen MR) is 74.6 cm³/mol. The summed E-state index contributed by atoms with van der Waals surface area (Å²) in [5, 5.41) is 0. The molecule has 0 bridgehead atoms. The number of rotatable bonds is 8. The maximum absolute atomic E-state index is 5.66. The Morgan fingerprint density at radius 2 is 1.75 bits per heavy atom. The molecule has 0 heterocycles. The van der Waals surface area contributed by atoms with Gasteiger partial charge in [0.2, 0.25) is 0 Å². The maximum atomic E-state index is 5.66. The lowest BCUT2D eigenvalue weighted by Gasteiger charge is -2.17. The normalized spacial score (nSPS) is 12.3. The van der Waals surface area contributed by atoms with E-state index in [2.05, 4.69) is 22.5 Å². The third-order valence-corrected chi connectivity index (χ3v) is 2.38. The molecule has 0 fully saturated rings. The Morgan fingerprint density at radius 1 is 1.25 bits per heavy atom. The van der Waals surface area contributed by atoms with Gasteiger partial charge >= 0.3 is 7.12 Å². The first-order valence-corrected chi connectivity index (χ1v) is 6.53. The van der Waals surface area contributed by atoms with Gasteiger partial charge in [0.15, 0.2) is 0 Å². The van der Waals surface area contributed by atoms with Crippen molar-refractivity contribution in [3.05, 3.63) is 23.1 Å². The lowest BCUT2D eigenvalue weighted by molar-refractivity contribution is 0.138. The van der Waals surface area contributed by atoms with Crippen molar-refractivity contribution in [3.8, 4) is 0 Å². The second-order valence-electron chi connectivity index (χ2n) is 4.18. The third kappa shape index (κ3) is 9.19. The lowest BCUT2D eigenvalue weighted by atomic mass is 9.88. The van der Waals surface area contributed by atoms with Crippen LogP contribution in [0.3, 0.4) is 0 Å². The van der Waals surface area contributed by atoms with Gasteiger partial charge in [-0.05, 0) is 51.0 Å². The van der Waals surface area contributed by atoms with Crippen molar-refractivity contribution < 1.29 is 9.31 Å². The molecule has 2 nitrogen and oxygen atoms in total. The topological polar surface area (TPSA) is 18.5 Å². The van der Waals surface area contributed by atoms with Crippen LogP contribution in [0.15, 0.2) is 23.1 Å². The van der Waals surface area contributed by atoms with E-state index in [9.17, 15) is 0 Å². The Labute approximate surface area is 108 Å². The van der Waals surface area contributed by atoms with Gasteiger partial charge in [-0.1, -0.05) is 22.0 Å². The summed E-state index contributed by atoms with van der Waals surface area (Å²) in [4.78, 5) is 0. The molecule has 0 aromatic rings. The smallest absolute Gasteiger partial charge is 0.405 e. The maximum Gasteiger partial charge on any atom is 0.487 e. The van der Waals surface area contributed by atoms with E-state index in [0.29, 0.717) is 0 Å². The molecule has 0 aliphatic rings. The molecule has 0 spiro atoms. The predicted octanol–water partition coefficient (Wildman–Crippen LogP) is 4.11. The van der Waals surface area contributed by atoms with Crippen molar-refractivity contribution in [3.63, 3.8) is 0 Å². The fourth-order valence-corrected chi connectivity index (χ4v) is 1.56. The van der Waals surface area contributed by atoms with Crippen molar-refractivity contribution in [1.82, 2.24) is 0 Å². The Hall–Kier alpha value is -0.0551. The monoisotopic (exact) mass is 288 g/mol. The first-order valence-electron chi connectivity index (χ1n) is 5.73. The molecule has 92 valence electrons. The van der Waals surface area contributed by atoms with Crippen LogP contribution in [0.1, 0.15) is 40.5 Å². The molecule has 0 rings (SSSR count). The largest absolute Gasteiger partial charge is 0.487 e. The molecule has 0 atom stereocenters. The summed E-state index contributed by atoms with van der Waals surface area (Å²) in [5.41, 5.74) is 0. The summed E-state index contributed by atoms with van der Waals surface area (Å²) in [7, 11) is -0.279. The van der Waals surface area contributed by atoms with Crippen molar-refractivity contribution in [2.45, 2.75) is 52.7 Å². The summed E-state index contributed by atoms with van der Waals surface area (Å²) in [6.45, 7) is 11.7. The molecule has 0 N–H and O–H groups in total. The van der Waals surface area contributed by atoms with Gasteiger partial charge in [-0.25, -0.2) is 0 Å². The SMILES string of the molecule is C=CCC/C(Br)=C/B(OC(C)C)OC(C)C. The van der Waals surface area contributed by atoms with Gasteiger partial charge in [0.25, 0.3) is 0 Å². The summed E-state index contributed by atoms with van der Waals surface area (Å²) in [5.74, 6) is 1.98. The van der Waals surface area contributed by atoms with Gasteiger partial charge in [-0.2, -0.15) is 0 Å². The molecule has 0 saturated carbocycles. The van der Waals surface area contributed by atoms with Gasteiger partial charge < -0.3 is 9.31 Å². The van der Waals surface area contributed by atoms with Crippen LogP contribution in [0, 0.1) is 0 Å². The van der Waals surface area contributed by atoms with Crippen molar-refractivity contribution in [1.29, 1.82) is 0 Å². The molecule has 0 aromatic heterocycles. The second kappa shape index (κ2) is 9.02. The van der Waals surface area contributed by atoms with E-state index >= 15 is 0 Å². The number of hydrogen-bond donors (Lipinski definition) is 0. The molecule has 0 aliphatic heterocycles. The molecule has 0 aromatic carbocycles.